The van der Waals surface area contributed by atoms with Crippen molar-refractivity contribution in [1.29, 1.82) is 0 Å². The summed E-state index contributed by atoms with van der Waals surface area (Å²) in [5, 5.41) is 2.68. The SMILES string of the molecule is c1ccc(-c2cc(-c3ccccc3)cc(-c3cccc4c3sc3ccccc34)c2)cc1. The lowest BCUT2D eigenvalue weighted by molar-refractivity contribution is 1.58. The molecule has 31 heavy (non-hydrogen) atoms. The lowest BCUT2D eigenvalue weighted by Crippen LogP contribution is -1.86. The molecule has 0 aliphatic carbocycles. The Morgan fingerprint density at radius 1 is 0.387 bits per heavy atom. The van der Waals surface area contributed by atoms with Gasteiger partial charge in [0.2, 0.25) is 0 Å². The third-order valence-electron chi connectivity index (χ3n) is 5.86. The van der Waals surface area contributed by atoms with Gasteiger partial charge in [0.25, 0.3) is 0 Å². The molecule has 1 heteroatoms. The molecule has 0 saturated heterocycles. The average Bonchev–Trinajstić information content (AvgIpc) is 3.24. The topological polar surface area (TPSA) is 0 Å². The second-order valence-corrected chi connectivity index (χ2v) is 8.86. The van der Waals surface area contributed by atoms with Crippen LogP contribution in [0.15, 0.2) is 121 Å². The molecule has 0 radical (unpaired) electrons. The molecular weight excluding hydrogens is 392 g/mol. The van der Waals surface area contributed by atoms with E-state index in [1.54, 1.807) is 0 Å². The van der Waals surface area contributed by atoms with Crippen molar-refractivity contribution < 1.29 is 0 Å². The second kappa shape index (κ2) is 7.54. The average molecular weight is 413 g/mol. The molecule has 1 aromatic heterocycles. The Morgan fingerprint density at radius 2 is 0.935 bits per heavy atom. The first kappa shape index (κ1) is 18.1. The Bertz CT molecular complexity index is 1450. The number of rotatable bonds is 3. The number of fused-ring (bicyclic) bond motifs is 3. The van der Waals surface area contributed by atoms with E-state index >= 15 is 0 Å². The van der Waals surface area contributed by atoms with Gasteiger partial charge < -0.3 is 0 Å². The molecular formula is C30H20S. The summed E-state index contributed by atoms with van der Waals surface area (Å²) in [6, 6.07) is 43.7. The second-order valence-electron chi connectivity index (χ2n) is 7.81. The van der Waals surface area contributed by atoms with Gasteiger partial charge in [-0.3, -0.25) is 0 Å². The molecule has 0 nitrogen and oxygen atoms in total. The van der Waals surface area contributed by atoms with Crippen LogP contribution in [0.2, 0.25) is 0 Å². The number of thiophene rings is 1. The third-order valence-corrected chi connectivity index (χ3v) is 7.08. The van der Waals surface area contributed by atoms with E-state index < -0.39 is 0 Å². The first-order valence-corrected chi connectivity index (χ1v) is 11.3. The fraction of sp³-hybridized carbons (Fsp3) is 0. The molecule has 0 saturated carbocycles. The zero-order valence-electron chi connectivity index (χ0n) is 17.0. The van der Waals surface area contributed by atoms with Crippen LogP contribution in [0.4, 0.5) is 0 Å². The van der Waals surface area contributed by atoms with E-state index in [9.17, 15) is 0 Å². The monoisotopic (exact) mass is 412 g/mol. The van der Waals surface area contributed by atoms with Crippen molar-refractivity contribution in [1.82, 2.24) is 0 Å². The van der Waals surface area contributed by atoms with Gasteiger partial charge in [0.1, 0.15) is 0 Å². The maximum Gasteiger partial charge on any atom is 0.0433 e. The van der Waals surface area contributed by atoms with E-state index in [0.29, 0.717) is 0 Å². The molecule has 0 bridgehead atoms. The minimum absolute atomic E-state index is 1.24. The van der Waals surface area contributed by atoms with Crippen LogP contribution in [0.5, 0.6) is 0 Å². The number of hydrogen-bond acceptors (Lipinski definition) is 1. The van der Waals surface area contributed by atoms with Crippen molar-refractivity contribution in [2.75, 3.05) is 0 Å². The highest BCUT2D eigenvalue weighted by atomic mass is 32.1. The van der Waals surface area contributed by atoms with Gasteiger partial charge in [-0.25, -0.2) is 0 Å². The minimum atomic E-state index is 1.24. The van der Waals surface area contributed by atoms with Crippen molar-refractivity contribution in [3.05, 3.63) is 121 Å². The van der Waals surface area contributed by atoms with Gasteiger partial charge in [0.15, 0.2) is 0 Å². The van der Waals surface area contributed by atoms with Crippen LogP contribution >= 0.6 is 11.3 Å². The first-order chi connectivity index (χ1) is 15.4. The smallest absolute Gasteiger partial charge is 0.0433 e. The van der Waals surface area contributed by atoms with Crippen LogP contribution in [0.3, 0.4) is 0 Å². The molecule has 146 valence electrons. The van der Waals surface area contributed by atoms with Crippen molar-refractivity contribution in [3.63, 3.8) is 0 Å². The van der Waals surface area contributed by atoms with Gasteiger partial charge >= 0.3 is 0 Å². The highest BCUT2D eigenvalue weighted by Gasteiger charge is 2.12. The maximum absolute atomic E-state index is 2.33. The fourth-order valence-corrected chi connectivity index (χ4v) is 5.59. The van der Waals surface area contributed by atoms with Gasteiger partial charge in [-0.05, 0) is 57.6 Å². The molecule has 0 atom stereocenters. The zero-order valence-corrected chi connectivity index (χ0v) is 17.8. The molecule has 1 heterocycles. The Labute approximate surface area is 186 Å². The van der Waals surface area contributed by atoms with Crippen LogP contribution in [0, 0.1) is 0 Å². The van der Waals surface area contributed by atoms with E-state index in [1.165, 1.54) is 53.6 Å². The molecule has 0 amide bonds. The molecule has 0 aliphatic rings. The molecule has 0 N–H and O–H groups in total. The van der Waals surface area contributed by atoms with Gasteiger partial charge in [-0.2, -0.15) is 0 Å². The van der Waals surface area contributed by atoms with Crippen LogP contribution < -0.4 is 0 Å². The first-order valence-electron chi connectivity index (χ1n) is 10.5. The van der Waals surface area contributed by atoms with Crippen molar-refractivity contribution in [3.8, 4) is 33.4 Å². The molecule has 6 aromatic rings. The quantitative estimate of drug-likeness (QED) is 0.272. The third kappa shape index (κ3) is 3.24. The summed E-state index contributed by atoms with van der Waals surface area (Å²) in [5.74, 6) is 0. The van der Waals surface area contributed by atoms with Crippen LogP contribution in [0.25, 0.3) is 53.6 Å². The summed E-state index contributed by atoms with van der Waals surface area (Å²) >= 11 is 1.89. The minimum Gasteiger partial charge on any atom is -0.135 e. The number of hydrogen-bond donors (Lipinski definition) is 0. The molecule has 0 fully saturated rings. The molecule has 0 spiro atoms. The molecule has 0 unspecified atom stereocenters. The predicted molar refractivity (Wildman–Crippen MR) is 136 cm³/mol. The standard InChI is InChI=1S/C30H20S/c1-3-10-21(11-4-1)23-18-24(22-12-5-2-6-13-22)20-25(19-23)26-15-9-16-28-27-14-7-8-17-29(27)31-30(26)28/h1-20H. The van der Waals surface area contributed by atoms with E-state index in [0.717, 1.165) is 0 Å². The van der Waals surface area contributed by atoms with Gasteiger partial charge in [0.05, 0.1) is 0 Å². The van der Waals surface area contributed by atoms with E-state index in [-0.39, 0.29) is 0 Å². The Kier molecular flexibility index (Phi) is 4.40. The summed E-state index contributed by atoms with van der Waals surface area (Å²) in [5.41, 5.74) is 7.53. The van der Waals surface area contributed by atoms with Crippen molar-refractivity contribution in [2.24, 2.45) is 0 Å². The van der Waals surface area contributed by atoms with Gasteiger partial charge in [-0.15, -0.1) is 11.3 Å². The summed E-state index contributed by atoms with van der Waals surface area (Å²) in [4.78, 5) is 0. The van der Waals surface area contributed by atoms with Gasteiger partial charge in [0, 0.05) is 20.2 Å². The largest absolute Gasteiger partial charge is 0.135 e. The lowest BCUT2D eigenvalue weighted by Gasteiger charge is -2.12. The van der Waals surface area contributed by atoms with E-state index in [2.05, 4.69) is 121 Å². The maximum atomic E-state index is 2.33. The van der Waals surface area contributed by atoms with E-state index in [4.69, 9.17) is 0 Å². The molecule has 5 aromatic carbocycles. The molecule has 0 aliphatic heterocycles. The Morgan fingerprint density at radius 3 is 1.61 bits per heavy atom. The van der Waals surface area contributed by atoms with Crippen LogP contribution in [-0.4, -0.2) is 0 Å². The summed E-state index contributed by atoms with van der Waals surface area (Å²) < 4.78 is 2.69. The van der Waals surface area contributed by atoms with Crippen LogP contribution in [0.1, 0.15) is 0 Å². The van der Waals surface area contributed by atoms with Gasteiger partial charge in [-0.1, -0.05) is 97.1 Å². The highest BCUT2D eigenvalue weighted by molar-refractivity contribution is 7.26. The normalized spacial score (nSPS) is 11.2. The lowest BCUT2D eigenvalue weighted by atomic mass is 9.93. The van der Waals surface area contributed by atoms with E-state index in [1.807, 2.05) is 11.3 Å². The number of benzene rings is 5. The fourth-order valence-electron chi connectivity index (χ4n) is 4.35. The summed E-state index contributed by atoms with van der Waals surface area (Å²) in [6.45, 7) is 0. The zero-order chi connectivity index (χ0) is 20.6. The Balaban J connectivity index is 1.63. The summed E-state index contributed by atoms with van der Waals surface area (Å²) in [6.07, 6.45) is 0. The van der Waals surface area contributed by atoms with Crippen molar-refractivity contribution in [2.45, 2.75) is 0 Å². The predicted octanol–water partition coefficient (Wildman–Crippen LogP) is 9.06. The van der Waals surface area contributed by atoms with Crippen LogP contribution in [-0.2, 0) is 0 Å². The van der Waals surface area contributed by atoms with Crippen molar-refractivity contribution >= 4 is 31.5 Å². The Hall–Kier alpha value is -3.68. The summed E-state index contributed by atoms with van der Waals surface area (Å²) in [7, 11) is 0. The highest BCUT2D eigenvalue weighted by Crippen LogP contribution is 2.41. The molecule has 6 rings (SSSR count).